The molecule has 0 spiro atoms. The maximum atomic E-state index is 11.5. The van der Waals surface area contributed by atoms with E-state index >= 15 is 0 Å². The Morgan fingerprint density at radius 3 is 2.94 bits per heavy atom. The van der Waals surface area contributed by atoms with Crippen molar-refractivity contribution in [2.24, 2.45) is 0 Å². The minimum Gasteiger partial charge on any atom is -0.493 e. The molecule has 1 aromatic carbocycles. The van der Waals surface area contributed by atoms with Crippen LogP contribution in [0.15, 0.2) is 33.5 Å². The van der Waals surface area contributed by atoms with E-state index in [0.29, 0.717) is 12.4 Å². The molecule has 1 heterocycles. The summed E-state index contributed by atoms with van der Waals surface area (Å²) in [7, 11) is 0. The first-order valence-electron chi connectivity index (χ1n) is 5.66. The number of fused-ring (bicyclic) bond motifs is 1. The van der Waals surface area contributed by atoms with Crippen LogP contribution in [-0.2, 0) is 0 Å². The summed E-state index contributed by atoms with van der Waals surface area (Å²) >= 11 is 3.38. The lowest BCUT2D eigenvalue weighted by Gasteiger charge is -2.08. The van der Waals surface area contributed by atoms with Crippen molar-refractivity contribution in [3.05, 3.63) is 39.1 Å². The summed E-state index contributed by atoms with van der Waals surface area (Å²) in [5.41, 5.74) is 0.653. The summed E-state index contributed by atoms with van der Waals surface area (Å²) in [5, 5.41) is 0.934. The van der Waals surface area contributed by atoms with Gasteiger partial charge in [-0.1, -0.05) is 29.3 Å². The molecule has 3 nitrogen and oxygen atoms in total. The molecular weight excluding hydrogens is 282 g/mol. The van der Waals surface area contributed by atoms with Gasteiger partial charge in [0.2, 0.25) is 0 Å². The molecule has 90 valence electrons. The van der Waals surface area contributed by atoms with Gasteiger partial charge in [-0.2, -0.15) is 0 Å². The van der Waals surface area contributed by atoms with E-state index in [0.717, 1.165) is 28.2 Å². The SMILES string of the molecule is CCCCOc1cc(=O)[nH]c2cc(Br)ccc12. The molecule has 2 rings (SSSR count). The number of rotatable bonds is 4. The highest BCUT2D eigenvalue weighted by atomic mass is 79.9. The molecule has 0 aliphatic rings. The van der Waals surface area contributed by atoms with E-state index in [-0.39, 0.29) is 5.56 Å². The zero-order chi connectivity index (χ0) is 12.3. The minimum absolute atomic E-state index is 0.137. The van der Waals surface area contributed by atoms with E-state index < -0.39 is 0 Å². The van der Waals surface area contributed by atoms with Crippen LogP contribution in [0.3, 0.4) is 0 Å². The average Bonchev–Trinajstić information content (AvgIpc) is 2.28. The lowest BCUT2D eigenvalue weighted by atomic mass is 10.2. The van der Waals surface area contributed by atoms with Gasteiger partial charge in [-0.05, 0) is 24.6 Å². The number of pyridine rings is 1. The number of benzene rings is 1. The van der Waals surface area contributed by atoms with Crippen molar-refractivity contribution in [1.29, 1.82) is 0 Å². The summed E-state index contributed by atoms with van der Waals surface area (Å²) in [6, 6.07) is 7.26. The number of nitrogens with one attached hydrogen (secondary N) is 1. The first-order chi connectivity index (χ1) is 8.20. The molecule has 0 aliphatic heterocycles. The molecule has 1 aromatic heterocycles. The molecule has 0 fully saturated rings. The number of aromatic nitrogens is 1. The number of hydrogen-bond donors (Lipinski definition) is 1. The number of halogens is 1. The number of H-pyrrole nitrogens is 1. The number of ether oxygens (including phenoxy) is 1. The van der Waals surface area contributed by atoms with Gasteiger partial charge in [-0.25, -0.2) is 0 Å². The summed E-state index contributed by atoms with van der Waals surface area (Å²) < 4.78 is 6.58. The molecular formula is C13H14BrNO2. The molecule has 2 aromatic rings. The highest BCUT2D eigenvalue weighted by Crippen LogP contribution is 2.25. The van der Waals surface area contributed by atoms with Crippen molar-refractivity contribution >= 4 is 26.8 Å². The molecule has 0 aliphatic carbocycles. The molecule has 0 saturated carbocycles. The standard InChI is InChI=1S/C13H14BrNO2/c1-2-3-6-17-12-8-13(16)15-11-7-9(14)4-5-10(11)12/h4-5,7-8H,2-3,6H2,1H3,(H,15,16). The van der Waals surface area contributed by atoms with Crippen molar-refractivity contribution in [3.8, 4) is 5.75 Å². The Morgan fingerprint density at radius 1 is 1.35 bits per heavy atom. The summed E-state index contributed by atoms with van der Waals surface area (Å²) in [6.45, 7) is 2.75. The average molecular weight is 296 g/mol. The highest BCUT2D eigenvalue weighted by molar-refractivity contribution is 9.10. The Hall–Kier alpha value is -1.29. The van der Waals surface area contributed by atoms with E-state index in [1.807, 2.05) is 18.2 Å². The Kier molecular flexibility index (Phi) is 3.84. The first-order valence-corrected chi connectivity index (χ1v) is 6.45. The van der Waals surface area contributed by atoms with Gasteiger partial charge >= 0.3 is 0 Å². The number of aromatic amines is 1. The molecule has 4 heteroatoms. The van der Waals surface area contributed by atoms with Crippen LogP contribution >= 0.6 is 15.9 Å². The van der Waals surface area contributed by atoms with Gasteiger partial charge in [0.15, 0.2) is 0 Å². The largest absolute Gasteiger partial charge is 0.493 e. The Balaban J connectivity index is 2.43. The second kappa shape index (κ2) is 5.36. The molecule has 0 bridgehead atoms. The third kappa shape index (κ3) is 2.88. The summed E-state index contributed by atoms with van der Waals surface area (Å²) in [4.78, 5) is 14.3. The van der Waals surface area contributed by atoms with E-state index in [1.54, 1.807) is 0 Å². The van der Waals surface area contributed by atoms with Gasteiger partial charge in [0, 0.05) is 15.9 Å². The Bertz CT molecular complexity index is 577. The van der Waals surface area contributed by atoms with Crippen LogP contribution in [0.1, 0.15) is 19.8 Å². The van der Waals surface area contributed by atoms with Gasteiger partial charge in [0.1, 0.15) is 5.75 Å². The fourth-order valence-electron chi connectivity index (χ4n) is 1.65. The predicted molar refractivity (Wildman–Crippen MR) is 72.7 cm³/mol. The van der Waals surface area contributed by atoms with Gasteiger partial charge < -0.3 is 9.72 Å². The quantitative estimate of drug-likeness (QED) is 0.878. The van der Waals surface area contributed by atoms with Crippen LogP contribution in [0.5, 0.6) is 5.75 Å². The molecule has 0 radical (unpaired) electrons. The van der Waals surface area contributed by atoms with E-state index in [1.165, 1.54) is 6.07 Å². The van der Waals surface area contributed by atoms with Crippen LogP contribution < -0.4 is 10.3 Å². The lowest BCUT2D eigenvalue weighted by Crippen LogP contribution is -2.07. The third-order valence-corrected chi connectivity index (χ3v) is 3.02. The van der Waals surface area contributed by atoms with Gasteiger partial charge in [-0.15, -0.1) is 0 Å². The van der Waals surface area contributed by atoms with Crippen LogP contribution in [0.25, 0.3) is 10.9 Å². The Morgan fingerprint density at radius 2 is 2.18 bits per heavy atom. The van der Waals surface area contributed by atoms with Crippen molar-refractivity contribution < 1.29 is 4.74 Å². The van der Waals surface area contributed by atoms with Gasteiger partial charge in [0.05, 0.1) is 12.1 Å². The van der Waals surface area contributed by atoms with Crippen molar-refractivity contribution in [1.82, 2.24) is 4.98 Å². The predicted octanol–water partition coefficient (Wildman–Crippen LogP) is 3.47. The van der Waals surface area contributed by atoms with Crippen LogP contribution in [-0.4, -0.2) is 11.6 Å². The molecule has 0 amide bonds. The molecule has 0 unspecified atom stereocenters. The second-order valence-corrected chi connectivity index (χ2v) is 4.81. The monoisotopic (exact) mass is 295 g/mol. The normalized spacial score (nSPS) is 10.7. The highest BCUT2D eigenvalue weighted by Gasteiger charge is 2.04. The molecule has 0 saturated heterocycles. The lowest BCUT2D eigenvalue weighted by molar-refractivity contribution is 0.312. The topological polar surface area (TPSA) is 42.1 Å². The smallest absolute Gasteiger partial charge is 0.252 e. The fourth-order valence-corrected chi connectivity index (χ4v) is 2.01. The van der Waals surface area contributed by atoms with Crippen molar-refractivity contribution in [3.63, 3.8) is 0 Å². The van der Waals surface area contributed by atoms with Gasteiger partial charge in [0.25, 0.3) is 5.56 Å². The van der Waals surface area contributed by atoms with Crippen LogP contribution in [0, 0.1) is 0 Å². The maximum Gasteiger partial charge on any atom is 0.252 e. The molecule has 1 N–H and O–H groups in total. The van der Waals surface area contributed by atoms with E-state index in [2.05, 4.69) is 27.8 Å². The number of hydrogen-bond acceptors (Lipinski definition) is 2. The van der Waals surface area contributed by atoms with Crippen LogP contribution in [0.2, 0.25) is 0 Å². The minimum atomic E-state index is -0.137. The third-order valence-electron chi connectivity index (χ3n) is 2.52. The van der Waals surface area contributed by atoms with Crippen molar-refractivity contribution in [2.75, 3.05) is 6.61 Å². The summed E-state index contributed by atoms with van der Waals surface area (Å²) in [5.74, 6) is 0.657. The molecule has 0 atom stereocenters. The molecule has 17 heavy (non-hydrogen) atoms. The number of unbranched alkanes of at least 4 members (excludes halogenated alkanes) is 1. The van der Waals surface area contributed by atoms with Crippen LogP contribution in [0.4, 0.5) is 0 Å². The maximum absolute atomic E-state index is 11.5. The van der Waals surface area contributed by atoms with E-state index in [9.17, 15) is 4.79 Å². The van der Waals surface area contributed by atoms with Gasteiger partial charge in [-0.3, -0.25) is 4.79 Å². The zero-order valence-electron chi connectivity index (χ0n) is 9.63. The summed E-state index contributed by atoms with van der Waals surface area (Å²) in [6.07, 6.45) is 2.07. The van der Waals surface area contributed by atoms with Crippen molar-refractivity contribution in [2.45, 2.75) is 19.8 Å². The first kappa shape index (κ1) is 12.2. The van der Waals surface area contributed by atoms with E-state index in [4.69, 9.17) is 4.74 Å². The Labute approximate surface area is 108 Å². The zero-order valence-corrected chi connectivity index (χ0v) is 11.2. The second-order valence-electron chi connectivity index (χ2n) is 3.89. The fraction of sp³-hybridized carbons (Fsp3) is 0.308.